The Bertz CT molecular complexity index is 1230. The average Bonchev–Trinajstić information content (AvgIpc) is 3.07. The molecule has 0 N–H and O–H groups in total. The van der Waals surface area contributed by atoms with Crippen molar-refractivity contribution in [2.24, 2.45) is 0 Å². The SMILES string of the molecule is C[C@@H]1CCC[C@H](C)N1C(=O)c1nn2c(C(F)(F)F)c3c(nc2c1Cl)-c1ccccc1CC3. The van der Waals surface area contributed by atoms with Crippen molar-refractivity contribution in [2.45, 2.75) is 64.2 Å². The first-order chi connectivity index (χ1) is 15.2. The van der Waals surface area contributed by atoms with Crippen molar-refractivity contribution in [2.75, 3.05) is 0 Å². The smallest absolute Gasteiger partial charge is 0.332 e. The first-order valence-electron chi connectivity index (χ1n) is 10.8. The van der Waals surface area contributed by atoms with Gasteiger partial charge in [0.15, 0.2) is 17.0 Å². The normalized spacial score (nSPS) is 20.9. The number of halogens is 4. The van der Waals surface area contributed by atoms with Crippen LogP contribution in [0.15, 0.2) is 24.3 Å². The zero-order valence-corrected chi connectivity index (χ0v) is 18.5. The molecule has 1 aliphatic carbocycles. The highest BCUT2D eigenvalue weighted by Crippen LogP contribution is 2.42. The number of piperidine rings is 1. The molecule has 3 aromatic rings. The second kappa shape index (κ2) is 7.47. The molecule has 1 amide bonds. The number of aryl methyl sites for hydroxylation is 1. The molecule has 0 unspecified atom stereocenters. The van der Waals surface area contributed by atoms with Crippen LogP contribution in [0.25, 0.3) is 16.9 Å². The molecule has 3 heterocycles. The number of fused-ring (bicyclic) bond motifs is 4. The van der Waals surface area contributed by atoms with Crippen LogP contribution in [0.1, 0.15) is 60.4 Å². The van der Waals surface area contributed by atoms with E-state index in [2.05, 4.69) is 10.1 Å². The highest BCUT2D eigenvalue weighted by Gasteiger charge is 2.42. The van der Waals surface area contributed by atoms with Crippen molar-refractivity contribution in [1.29, 1.82) is 0 Å². The van der Waals surface area contributed by atoms with Gasteiger partial charge in [0.25, 0.3) is 5.91 Å². The van der Waals surface area contributed by atoms with Gasteiger partial charge in [-0.15, -0.1) is 0 Å². The van der Waals surface area contributed by atoms with Crippen molar-refractivity contribution in [3.05, 3.63) is 51.8 Å². The molecule has 168 valence electrons. The van der Waals surface area contributed by atoms with Crippen molar-refractivity contribution >= 4 is 23.2 Å². The molecule has 2 aromatic heterocycles. The Morgan fingerprint density at radius 2 is 1.81 bits per heavy atom. The van der Waals surface area contributed by atoms with Gasteiger partial charge < -0.3 is 4.90 Å². The molecule has 5 rings (SSSR count). The highest BCUT2D eigenvalue weighted by molar-refractivity contribution is 6.36. The van der Waals surface area contributed by atoms with Crippen molar-refractivity contribution in [3.63, 3.8) is 0 Å². The highest BCUT2D eigenvalue weighted by atomic mass is 35.5. The first kappa shape index (κ1) is 21.2. The Morgan fingerprint density at radius 1 is 1.12 bits per heavy atom. The van der Waals surface area contributed by atoms with E-state index >= 15 is 0 Å². The number of aromatic nitrogens is 3. The number of carbonyl (C=O) groups is 1. The number of alkyl halides is 3. The second-order valence-electron chi connectivity index (χ2n) is 8.68. The number of rotatable bonds is 1. The van der Waals surface area contributed by atoms with E-state index in [0.717, 1.165) is 29.3 Å². The maximum Gasteiger partial charge on any atom is 0.433 e. The van der Waals surface area contributed by atoms with Gasteiger partial charge in [-0.3, -0.25) is 4.79 Å². The fraction of sp³-hybridized carbons (Fsp3) is 0.435. The van der Waals surface area contributed by atoms with Crippen LogP contribution >= 0.6 is 11.6 Å². The van der Waals surface area contributed by atoms with Crippen molar-refractivity contribution in [1.82, 2.24) is 19.5 Å². The van der Waals surface area contributed by atoms with Gasteiger partial charge in [0.05, 0.1) is 5.69 Å². The van der Waals surface area contributed by atoms with E-state index in [9.17, 15) is 18.0 Å². The van der Waals surface area contributed by atoms with E-state index in [1.165, 1.54) is 0 Å². The predicted octanol–water partition coefficient (Wildman–Crippen LogP) is 5.57. The summed E-state index contributed by atoms with van der Waals surface area (Å²) in [6.45, 7) is 3.87. The third-order valence-corrected chi connectivity index (χ3v) is 6.97. The Labute approximate surface area is 188 Å². The molecule has 0 radical (unpaired) electrons. The van der Waals surface area contributed by atoms with Crippen LogP contribution in [0.4, 0.5) is 13.2 Å². The lowest BCUT2D eigenvalue weighted by atomic mass is 9.88. The third kappa shape index (κ3) is 3.18. The summed E-state index contributed by atoms with van der Waals surface area (Å²) >= 11 is 6.50. The molecule has 0 saturated carbocycles. The van der Waals surface area contributed by atoms with Crippen LogP contribution in [0, 0.1) is 0 Å². The number of amides is 1. The van der Waals surface area contributed by atoms with Crippen molar-refractivity contribution in [3.8, 4) is 11.3 Å². The zero-order valence-electron chi connectivity index (χ0n) is 17.7. The molecule has 0 spiro atoms. The fourth-order valence-electron chi connectivity index (χ4n) is 5.12. The van der Waals surface area contributed by atoms with Gasteiger partial charge in [0.1, 0.15) is 5.02 Å². The summed E-state index contributed by atoms with van der Waals surface area (Å²) in [6, 6.07) is 7.22. The van der Waals surface area contributed by atoms with Gasteiger partial charge in [-0.1, -0.05) is 35.9 Å². The summed E-state index contributed by atoms with van der Waals surface area (Å²) in [5, 5.41) is 3.96. The standard InChI is InChI=1S/C23H22ClF3N4O/c1-12-6-5-7-13(2)30(12)22(32)19-17(24)21-28-18-15-9-4-3-8-14(15)10-11-16(18)20(23(25,26)27)31(21)29-19/h3-4,8-9,12-13H,5-7,10-11H2,1-2H3/t12-,13+. The fourth-order valence-corrected chi connectivity index (χ4v) is 5.36. The maximum atomic E-state index is 14.3. The first-order valence-corrected chi connectivity index (χ1v) is 11.2. The van der Waals surface area contributed by atoms with Gasteiger partial charge in [0.2, 0.25) is 0 Å². The maximum absolute atomic E-state index is 14.3. The van der Waals surface area contributed by atoms with Crippen LogP contribution in [0.5, 0.6) is 0 Å². The Kier molecular flexibility index (Phi) is 4.96. The Balaban J connectivity index is 1.75. The number of carbonyl (C=O) groups excluding carboxylic acids is 1. The van der Waals surface area contributed by atoms with E-state index in [-0.39, 0.29) is 46.1 Å². The molecule has 5 nitrogen and oxygen atoms in total. The molecular weight excluding hydrogens is 441 g/mol. The predicted molar refractivity (Wildman–Crippen MR) is 115 cm³/mol. The van der Waals surface area contributed by atoms with E-state index in [4.69, 9.17) is 11.6 Å². The van der Waals surface area contributed by atoms with Gasteiger partial charge in [-0.2, -0.15) is 18.3 Å². The Hall–Kier alpha value is -2.61. The molecule has 1 saturated heterocycles. The molecule has 9 heteroatoms. The number of hydrogen-bond donors (Lipinski definition) is 0. The van der Waals surface area contributed by atoms with E-state index in [1.807, 2.05) is 26.0 Å². The van der Waals surface area contributed by atoms with E-state index in [0.29, 0.717) is 12.0 Å². The lowest BCUT2D eigenvalue weighted by Gasteiger charge is -2.38. The van der Waals surface area contributed by atoms with E-state index < -0.39 is 17.8 Å². The molecule has 1 fully saturated rings. The average molecular weight is 463 g/mol. The topological polar surface area (TPSA) is 50.5 Å². The third-order valence-electron chi connectivity index (χ3n) is 6.62. The molecule has 0 bridgehead atoms. The number of likely N-dealkylation sites (tertiary alicyclic amines) is 1. The minimum atomic E-state index is -4.68. The lowest BCUT2D eigenvalue weighted by Crippen LogP contribution is -2.47. The van der Waals surface area contributed by atoms with Gasteiger partial charge in [-0.05, 0) is 51.5 Å². The van der Waals surface area contributed by atoms with Crippen molar-refractivity contribution < 1.29 is 18.0 Å². The van der Waals surface area contributed by atoms with Crippen LogP contribution in [0.2, 0.25) is 5.02 Å². The Morgan fingerprint density at radius 3 is 2.50 bits per heavy atom. The van der Waals surface area contributed by atoms with E-state index in [1.54, 1.807) is 17.0 Å². The number of hydrogen-bond acceptors (Lipinski definition) is 3. The largest absolute Gasteiger partial charge is 0.433 e. The number of nitrogens with zero attached hydrogens (tertiary/aromatic N) is 4. The summed E-state index contributed by atoms with van der Waals surface area (Å²) in [7, 11) is 0. The van der Waals surface area contributed by atoms with Crippen LogP contribution < -0.4 is 0 Å². The van der Waals surface area contributed by atoms with Crippen LogP contribution in [-0.2, 0) is 19.0 Å². The summed E-state index contributed by atoms with van der Waals surface area (Å²) in [6.07, 6.45) is -1.36. The number of benzene rings is 1. The lowest BCUT2D eigenvalue weighted by molar-refractivity contribution is -0.143. The second-order valence-corrected chi connectivity index (χ2v) is 9.06. The van der Waals surface area contributed by atoms with Gasteiger partial charge in [0, 0.05) is 23.2 Å². The zero-order chi connectivity index (χ0) is 22.8. The monoisotopic (exact) mass is 462 g/mol. The minimum Gasteiger partial charge on any atom is -0.332 e. The molecule has 2 atom stereocenters. The van der Waals surface area contributed by atoms with Gasteiger partial charge >= 0.3 is 6.18 Å². The molecule has 1 aliphatic heterocycles. The molecule has 2 aliphatic rings. The van der Waals surface area contributed by atoms with Crippen LogP contribution in [0.3, 0.4) is 0 Å². The minimum absolute atomic E-state index is 0.0396. The van der Waals surface area contributed by atoms with Gasteiger partial charge in [-0.25, -0.2) is 9.50 Å². The quantitative estimate of drug-likeness (QED) is 0.475. The molecular formula is C23H22ClF3N4O. The summed E-state index contributed by atoms with van der Waals surface area (Å²) in [5.74, 6) is -0.452. The summed E-state index contributed by atoms with van der Waals surface area (Å²) in [4.78, 5) is 19.5. The summed E-state index contributed by atoms with van der Waals surface area (Å²) < 4.78 is 43.6. The van der Waals surface area contributed by atoms with Crippen LogP contribution in [-0.4, -0.2) is 37.5 Å². The molecule has 32 heavy (non-hydrogen) atoms. The summed E-state index contributed by atoms with van der Waals surface area (Å²) in [5.41, 5.74) is 0.704. The molecule has 1 aromatic carbocycles.